The Kier molecular flexibility index (Phi) is 4.53. The van der Waals surface area contributed by atoms with Gasteiger partial charge in [-0.25, -0.2) is 0 Å². The van der Waals surface area contributed by atoms with Crippen LogP contribution in [0.2, 0.25) is 0 Å². The molecular weight excluding hydrogens is 330 g/mol. The standard InChI is InChI=1S/C20H25N3O3/c21-16-4-2-1-3-13(16)9-12-5-6-15-14(10-12)11-23(20(15)26)17-7-8-18(24)22-19(17)25/h5-6,10,13,16-17H,1-4,7-9,11,21H2,(H,22,24,25)/t13-,16+,17?/m1/s1. The summed E-state index contributed by atoms with van der Waals surface area (Å²) in [6.45, 7) is 0.436. The van der Waals surface area contributed by atoms with Crippen LogP contribution in [0.5, 0.6) is 0 Å². The lowest BCUT2D eigenvalue weighted by Crippen LogP contribution is -2.52. The van der Waals surface area contributed by atoms with Crippen LogP contribution in [-0.4, -0.2) is 34.7 Å². The second-order valence-electron chi connectivity index (χ2n) is 7.80. The molecule has 2 fully saturated rings. The normalized spacial score (nSPS) is 28.9. The van der Waals surface area contributed by atoms with Gasteiger partial charge in [0.2, 0.25) is 11.8 Å². The number of nitrogens with two attached hydrogens (primary N) is 1. The number of amides is 3. The minimum Gasteiger partial charge on any atom is -0.327 e. The highest BCUT2D eigenvalue weighted by molar-refractivity contribution is 6.05. The van der Waals surface area contributed by atoms with Gasteiger partial charge < -0.3 is 10.6 Å². The molecule has 1 aliphatic carbocycles. The second-order valence-corrected chi connectivity index (χ2v) is 7.80. The fourth-order valence-corrected chi connectivity index (χ4v) is 4.55. The molecule has 3 amide bonds. The Hall–Kier alpha value is -2.21. The fourth-order valence-electron chi connectivity index (χ4n) is 4.55. The molecule has 1 aromatic carbocycles. The molecule has 6 heteroatoms. The first-order valence-electron chi connectivity index (χ1n) is 9.55. The number of carbonyl (C=O) groups is 3. The van der Waals surface area contributed by atoms with E-state index in [0.29, 0.717) is 24.4 Å². The molecule has 3 aliphatic rings. The van der Waals surface area contributed by atoms with Crippen LogP contribution in [0.3, 0.4) is 0 Å². The van der Waals surface area contributed by atoms with Crippen molar-refractivity contribution in [3.63, 3.8) is 0 Å². The number of hydrogen-bond donors (Lipinski definition) is 2. The molecule has 138 valence electrons. The van der Waals surface area contributed by atoms with Gasteiger partial charge in [0.15, 0.2) is 0 Å². The van der Waals surface area contributed by atoms with Crippen molar-refractivity contribution >= 4 is 17.7 Å². The van der Waals surface area contributed by atoms with Crippen LogP contribution in [0, 0.1) is 5.92 Å². The lowest BCUT2D eigenvalue weighted by Gasteiger charge is -2.29. The van der Waals surface area contributed by atoms with Crippen molar-refractivity contribution in [1.29, 1.82) is 0 Å². The van der Waals surface area contributed by atoms with Crippen LogP contribution in [0.4, 0.5) is 0 Å². The third-order valence-electron chi connectivity index (χ3n) is 6.05. The number of fused-ring (bicyclic) bond motifs is 1. The van der Waals surface area contributed by atoms with Crippen LogP contribution in [-0.2, 0) is 22.6 Å². The van der Waals surface area contributed by atoms with Gasteiger partial charge in [0.25, 0.3) is 5.91 Å². The Morgan fingerprint density at radius 2 is 1.92 bits per heavy atom. The fraction of sp³-hybridized carbons (Fsp3) is 0.550. The smallest absolute Gasteiger partial charge is 0.255 e. The monoisotopic (exact) mass is 355 g/mol. The van der Waals surface area contributed by atoms with Gasteiger partial charge in [0.05, 0.1) is 0 Å². The molecule has 0 spiro atoms. The number of piperidine rings is 1. The Balaban J connectivity index is 1.49. The maximum atomic E-state index is 12.7. The lowest BCUT2D eigenvalue weighted by molar-refractivity contribution is -0.136. The average Bonchev–Trinajstić information content (AvgIpc) is 2.93. The first-order valence-corrected chi connectivity index (χ1v) is 9.55. The van der Waals surface area contributed by atoms with E-state index in [9.17, 15) is 14.4 Å². The zero-order valence-electron chi connectivity index (χ0n) is 14.9. The maximum absolute atomic E-state index is 12.7. The number of hydrogen-bond acceptors (Lipinski definition) is 4. The summed E-state index contributed by atoms with van der Waals surface area (Å²) in [5, 5.41) is 2.34. The largest absolute Gasteiger partial charge is 0.327 e. The number of imide groups is 1. The summed E-state index contributed by atoms with van der Waals surface area (Å²) >= 11 is 0. The van der Waals surface area contributed by atoms with Gasteiger partial charge in [-0.15, -0.1) is 0 Å². The molecule has 3 N–H and O–H groups in total. The molecular formula is C20H25N3O3. The number of benzene rings is 1. The molecule has 0 radical (unpaired) electrons. The molecule has 26 heavy (non-hydrogen) atoms. The molecule has 1 saturated heterocycles. The van der Waals surface area contributed by atoms with Gasteiger partial charge in [-0.05, 0) is 48.8 Å². The quantitative estimate of drug-likeness (QED) is 0.804. The highest BCUT2D eigenvalue weighted by Crippen LogP contribution is 2.31. The highest BCUT2D eigenvalue weighted by atomic mass is 16.2. The van der Waals surface area contributed by atoms with Crippen LogP contribution in [0.25, 0.3) is 0 Å². The van der Waals surface area contributed by atoms with Crippen molar-refractivity contribution < 1.29 is 14.4 Å². The summed E-state index contributed by atoms with van der Waals surface area (Å²) in [6, 6.07) is 5.71. The van der Waals surface area contributed by atoms with E-state index in [2.05, 4.69) is 11.4 Å². The predicted molar refractivity (Wildman–Crippen MR) is 96.1 cm³/mol. The van der Waals surface area contributed by atoms with E-state index < -0.39 is 6.04 Å². The molecule has 6 nitrogen and oxygen atoms in total. The minimum atomic E-state index is -0.553. The zero-order valence-corrected chi connectivity index (χ0v) is 14.9. The molecule has 1 unspecified atom stereocenters. The van der Waals surface area contributed by atoms with Gasteiger partial charge in [0, 0.05) is 24.6 Å². The summed E-state index contributed by atoms with van der Waals surface area (Å²) in [5.74, 6) is -0.238. The van der Waals surface area contributed by atoms with Crippen molar-refractivity contribution in [1.82, 2.24) is 10.2 Å². The van der Waals surface area contributed by atoms with Crippen LogP contribution in [0.15, 0.2) is 18.2 Å². The Morgan fingerprint density at radius 3 is 2.69 bits per heavy atom. The van der Waals surface area contributed by atoms with E-state index in [0.717, 1.165) is 18.4 Å². The number of nitrogens with one attached hydrogen (secondary N) is 1. The van der Waals surface area contributed by atoms with Crippen molar-refractivity contribution in [3.8, 4) is 0 Å². The predicted octanol–water partition coefficient (Wildman–Crippen LogP) is 1.51. The van der Waals surface area contributed by atoms with Crippen molar-refractivity contribution in [2.24, 2.45) is 11.7 Å². The van der Waals surface area contributed by atoms with Gasteiger partial charge in [-0.1, -0.05) is 25.0 Å². The first-order chi connectivity index (χ1) is 12.5. The molecule has 2 heterocycles. The van der Waals surface area contributed by atoms with E-state index in [-0.39, 0.29) is 30.2 Å². The summed E-state index contributed by atoms with van der Waals surface area (Å²) in [5.41, 5.74) is 9.13. The van der Waals surface area contributed by atoms with Gasteiger partial charge in [-0.3, -0.25) is 19.7 Å². The third kappa shape index (κ3) is 3.14. The van der Waals surface area contributed by atoms with Gasteiger partial charge >= 0.3 is 0 Å². The van der Waals surface area contributed by atoms with Crippen molar-refractivity contribution in [3.05, 3.63) is 34.9 Å². The molecule has 0 aromatic heterocycles. The van der Waals surface area contributed by atoms with Crippen LogP contribution >= 0.6 is 0 Å². The molecule has 1 saturated carbocycles. The molecule has 4 rings (SSSR count). The topological polar surface area (TPSA) is 92.5 Å². The van der Waals surface area contributed by atoms with E-state index in [1.54, 1.807) is 4.90 Å². The number of rotatable bonds is 3. The summed E-state index contributed by atoms with van der Waals surface area (Å²) in [4.78, 5) is 37.8. The molecule has 1 aromatic rings. The van der Waals surface area contributed by atoms with Crippen molar-refractivity contribution in [2.45, 2.75) is 63.6 Å². The minimum absolute atomic E-state index is 0.115. The Bertz CT molecular complexity index is 761. The molecule has 2 aliphatic heterocycles. The summed E-state index contributed by atoms with van der Waals surface area (Å²) in [6.07, 6.45) is 6.34. The van der Waals surface area contributed by atoms with E-state index >= 15 is 0 Å². The van der Waals surface area contributed by atoms with E-state index in [1.807, 2.05) is 12.1 Å². The van der Waals surface area contributed by atoms with Crippen LogP contribution in [0.1, 0.15) is 60.0 Å². The third-order valence-corrected chi connectivity index (χ3v) is 6.05. The number of carbonyl (C=O) groups excluding carboxylic acids is 3. The lowest BCUT2D eigenvalue weighted by atomic mass is 9.81. The van der Waals surface area contributed by atoms with Gasteiger partial charge in [-0.2, -0.15) is 0 Å². The Labute approximate surface area is 153 Å². The van der Waals surface area contributed by atoms with E-state index in [4.69, 9.17) is 5.73 Å². The second kappa shape index (κ2) is 6.83. The van der Waals surface area contributed by atoms with Crippen molar-refractivity contribution in [2.75, 3.05) is 0 Å². The summed E-state index contributed by atoms with van der Waals surface area (Å²) in [7, 11) is 0. The Morgan fingerprint density at radius 1 is 1.12 bits per heavy atom. The SMILES string of the molecule is N[C@H]1CCCC[C@@H]1Cc1ccc2c(c1)CN(C1CCC(=O)NC1=O)C2=O. The van der Waals surface area contributed by atoms with Gasteiger partial charge in [0.1, 0.15) is 6.04 Å². The molecule has 0 bridgehead atoms. The van der Waals surface area contributed by atoms with Crippen LogP contribution < -0.4 is 11.1 Å². The van der Waals surface area contributed by atoms with E-state index in [1.165, 1.54) is 24.8 Å². The summed E-state index contributed by atoms with van der Waals surface area (Å²) < 4.78 is 0. The zero-order chi connectivity index (χ0) is 18.3. The average molecular weight is 355 g/mol. The highest BCUT2D eigenvalue weighted by Gasteiger charge is 2.39. The maximum Gasteiger partial charge on any atom is 0.255 e. The number of nitrogens with zero attached hydrogens (tertiary/aromatic N) is 1. The molecule has 3 atom stereocenters. The first kappa shape index (κ1) is 17.2.